The number of nitrogens with zero attached hydrogens (tertiary/aromatic N) is 4. The molecule has 2 aliphatic rings. The summed E-state index contributed by atoms with van der Waals surface area (Å²) in [7, 11) is 4.45. The van der Waals surface area contributed by atoms with Crippen molar-refractivity contribution < 1.29 is 68.4 Å². The van der Waals surface area contributed by atoms with E-state index in [1.807, 2.05) is 0 Å². The van der Waals surface area contributed by atoms with Crippen LogP contribution in [0.3, 0.4) is 0 Å². The zero-order valence-corrected chi connectivity index (χ0v) is 38.7. The standard InChI is InChI=1S/C23H26F4N2O5.C22H23ClF4N2O4.CH4/c1-13(30)16-12-28-20(19(24)21(16)31)15-10-17(33-5)18(34-8-6-7-32-4)9-14(15)11-29(28)22(2,3)23(25,26)27;1-12(30)15-11-28-19(18(24)20(15)31)14-9-16(23)17(33-7-5-6-32-4)8-13(14)10-29(28)21(2,3)22(25,26)27;/h9-10,12H,6-8,11H2,1-5H3;8-9,11H,5-7,10H2,1-4H3;1H4. The minimum Gasteiger partial charge on any atom is -0.493 e. The van der Waals surface area contributed by atoms with Gasteiger partial charge in [0.05, 0.1) is 49.6 Å². The summed E-state index contributed by atoms with van der Waals surface area (Å²) >= 11 is 6.30. The van der Waals surface area contributed by atoms with E-state index in [2.05, 4.69) is 0 Å². The highest BCUT2D eigenvalue weighted by molar-refractivity contribution is 6.32. The van der Waals surface area contributed by atoms with Crippen molar-refractivity contribution in [2.75, 3.05) is 57.8 Å². The van der Waals surface area contributed by atoms with Crippen molar-refractivity contribution in [3.8, 4) is 39.8 Å². The summed E-state index contributed by atoms with van der Waals surface area (Å²) in [4.78, 5) is 48.8. The predicted molar refractivity (Wildman–Crippen MR) is 239 cm³/mol. The number of methoxy groups -OCH3 is 3. The number of hydrogen-bond acceptors (Lipinski definition) is 11. The SMILES string of the molecule is C.COCCCOc1cc2c(cc1Cl)-c1c(F)c(=O)c(C(C)=O)cn1N(C(C)(C)C(F)(F)F)C2.COCCCOc1cc2c(cc1OC)-c1c(F)c(=O)c(C(C)=O)cn1N(C(C)(C)C(F)(F)F)C2. The van der Waals surface area contributed by atoms with E-state index in [0.29, 0.717) is 31.6 Å². The molecule has 0 amide bonds. The highest BCUT2D eigenvalue weighted by Crippen LogP contribution is 2.45. The predicted octanol–water partition coefficient (Wildman–Crippen LogP) is 9.43. The van der Waals surface area contributed by atoms with Gasteiger partial charge in [0.15, 0.2) is 34.7 Å². The van der Waals surface area contributed by atoms with Gasteiger partial charge in [-0.25, -0.2) is 8.78 Å². The Morgan fingerprint density at radius 1 is 0.618 bits per heavy atom. The van der Waals surface area contributed by atoms with Crippen LogP contribution in [0.15, 0.2) is 46.2 Å². The third-order valence-electron chi connectivity index (χ3n) is 11.4. The Morgan fingerprint density at radius 2 is 1.00 bits per heavy atom. The first-order chi connectivity index (χ1) is 31.2. The minimum atomic E-state index is -4.72. The summed E-state index contributed by atoms with van der Waals surface area (Å²) in [6.07, 6.45) is -6.42. The van der Waals surface area contributed by atoms with Gasteiger partial charge in [0.25, 0.3) is 0 Å². The van der Waals surface area contributed by atoms with Crippen molar-refractivity contribution >= 4 is 23.2 Å². The molecule has 0 saturated heterocycles. The molecule has 0 bridgehead atoms. The first kappa shape index (κ1) is 54.9. The van der Waals surface area contributed by atoms with Crippen molar-refractivity contribution in [3.63, 3.8) is 0 Å². The van der Waals surface area contributed by atoms with Crippen molar-refractivity contribution in [1.29, 1.82) is 0 Å². The molecule has 22 heteroatoms. The van der Waals surface area contributed by atoms with Crippen LogP contribution in [0.1, 0.15) is 93.7 Å². The normalized spacial score (nSPS) is 13.3. The lowest BCUT2D eigenvalue weighted by Gasteiger charge is -2.46. The zero-order chi connectivity index (χ0) is 50.1. The molecule has 6 rings (SSSR count). The monoisotopic (exact) mass is 992 g/mol. The van der Waals surface area contributed by atoms with E-state index < -0.39 is 80.0 Å². The van der Waals surface area contributed by atoms with Gasteiger partial charge >= 0.3 is 12.4 Å². The lowest BCUT2D eigenvalue weighted by Crippen LogP contribution is -2.60. The zero-order valence-electron chi connectivity index (χ0n) is 38.0. The molecule has 0 spiro atoms. The molecule has 4 aromatic rings. The van der Waals surface area contributed by atoms with E-state index in [1.54, 1.807) is 7.11 Å². The summed E-state index contributed by atoms with van der Waals surface area (Å²) in [5.74, 6) is -3.49. The Balaban J connectivity index is 0.000000292. The van der Waals surface area contributed by atoms with Crippen LogP contribution in [0, 0.1) is 11.6 Å². The van der Waals surface area contributed by atoms with Crippen LogP contribution >= 0.6 is 11.6 Å². The van der Waals surface area contributed by atoms with Crippen molar-refractivity contribution in [2.24, 2.45) is 0 Å². The lowest BCUT2D eigenvalue weighted by molar-refractivity contribution is -0.183. The van der Waals surface area contributed by atoms with Gasteiger partial charge in [-0.15, -0.1) is 0 Å². The molecular weight excluding hydrogens is 940 g/mol. The first-order valence-corrected chi connectivity index (χ1v) is 20.9. The average molecular weight is 993 g/mol. The molecule has 2 aliphatic heterocycles. The smallest absolute Gasteiger partial charge is 0.412 e. The van der Waals surface area contributed by atoms with Crippen LogP contribution < -0.4 is 35.1 Å². The Bertz CT molecular complexity index is 2660. The van der Waals surface area contributed by atoms with Crippen LogP contribution in [-0.4, -0.2) is 92.1 Å². The second-order valence-corrected chi connectivity index (χ2v) is 17.0. The second kappa shape index (κ2) is 20.9. The fourth-order valence-electron chi connectivity index (χ4n) is 7.26. The van der Waals surface area contributed by atoms with Crippen LogP contribution in [0.4, 0.5) is 35.1 Å². The van der Waals surface area contributed by atoms with Crippen LogP contribution in [0.5, 0.6) is 17.2 Å². The number of halogens is 9. The molecule has 0 aliphatic carbocycles. The van der Waals surface area contributed by atoms with E-state index >= 15 is 8.78 Å². The molecule has 4 heterocycles. The number of hydrogen-bond donors (Lipinski definition) is 0. The number of carbonyl (C=O) groups excluding carboxylic acids is 2. The Labute approximate surface area is 392 Å². The van der Waals surface area contributed by atoms with Crippen molar-refractivity contribution in [1.82, 2.24) is 9.35 Å². The molecule has 374 valence electrons. The number of ether oxygens (including phenoxy) is 5. The molecular formula is C46H53ClF8N4O9. The fraction of sp³-hybridized carbons (Fsp3) is 0.478. The second-order valence-electron chi connectivity index (χ2n) is 16.6. The lowest BCUT2D eigenvalue weighted by atomic mass is 9.95. The molecule has 0 N–H and O–H groups in total. The van der Waals surface area contributed by atoms with Gasteiger partial charge in [0.2, 0.25) is 10.9 Å². The Hall–Kier alpha value is -5.67. The van der Waals surface area contributed by atoms with Crippen LogP contribution in [0.25, 0.3) is 22.5 Å². The molecule has 68 heavy (non-hydrogen) atoms. The molecule has 2 aromatic heterocycles. The van der Waals surface area contributed by atoms with Gasteiger partial charge in [-0.1, -0.05) is 19.0 Å². The van der Waals surface area contributed by atoms with E-state index in [4.69, 9.17) is 35.3 Å². The quantitative estimate of drug-likeness (QED) is 0.0642. The molecule has 0 saturated carbocycles. The number of carbonyl (C=O) groups is 2. The fourth-order valence-corrected chi connectivity index (χ4v) is 7.48. The number of rotatable bonds is 15. The number of alkyl halides is 6. The number of ketones is 2. The average Bonchev–Trinajstić information content (AvgIpc) is 3.24. The van der Waals surface area contributed by atoms with E-state index in [1.165, 1.54) is 38.5 Å². The van der Waals surface area contributed by atoms with Crippen LogP contribution in [-0.2, 0) is 22.6 Å². The summed E-state index contributed by atoms with van der Waals surface area (Å²) in [5, 5.41) is 1.84. The number of benzene rings is 2. The van der Waals surface area contributed by atoms with Gasteiger partial charge in [-0.2, -0.15) is 26.3 Å². The third kappa shape index (κ3) is 10.5. The van der Waals surface area contributed by atoms with E-state index in [-0.39, 0.29) is 72.7 Å². The van der Waals surface area contributed by atoms with E-state index in [0.717, 1.165) is 73.3 Å². The highest BCUT2D eigenvalue weighted by Gasteiger charge is 2.55. The van der Waals surface area contributed by atoms with Gasteiger partial charge in [0.1, 0.15) is 28.2 Å². The molecule has 13 nitrogen and oxygen atoms in total. The Morgan fingerprint density at radius 3 is 1.37 bits per heavy atom. The van der Waals surface area contributed by atoms with Crippen molar-refractivity contribution in [3.05, 3.63) is 96.0 Å². The topological polar surface area (TPSA) is 131 Å². The maximum Gasteiger partial charge on any atom is 0.412 e. The van der Waals surface area contributed by atoms with Crippen LogP contribution in [0.2, 0.25) is 5.02 Å². The largest absolute Gasteiger partial charge is 0.493 e. The van der Waals surface area contributed by atoms with Gasteiger partial charge in [-0.05, 0) is 76.9 Å². The van der Waals surface area contributed by atoms with Gasteiger partial charge < -0.3 is 23.7 Å². The molecule has 0 atom stereocenters. The number of aromatic nitrogens is 2. The number of pyridine rings is 2. The summed E-state index contributed by atoms with van der Waals surface area (Å²) in [6.45, 7) is 6.63. The minimum absolute atomic E-state index is 0. The highest BCUT2D eigenvalue weighted by atomic mass is 35.5. The molecule has 0 radical (unpaired) electrons. The number of fused-ring (bicyclic) bond motifs is 6. The first-order valence-electron chi connectivity index (χ1n) is 20.5. The van der Waals surface area contributed by atoms with Gasteiger partial charge in [-0.3, -0.25) is 38.5 Å². The van der Waals surface area contributed by atoms with Gasteiger partial charge in [0, 0.05) is 63.8 Å². The summed E-state index contributed by atoms with van der Waals surface area (Å²) in [6, 6.07) is 5.69. The molecule has 0 unspecified atom stereocenters. The summed E-state index contributed by atoms with van der Waals surface area (Å²) in [5.41, 5.74) is -8.33. The van der Waals surface area contributed by atoms with Crippen molar-refractivity contribution in [2.45, 2.75) is 98.3 Å². The third-order valence-corrected chi connectivity index (χ3v) is 11.7. The Kier molecular flexibility index (Phi) is 16.9. The summed E-state index contributed by atoms with van der Waals surface area (Å²) < 4.78 is 143. The van der Waals surface area contributed by atoms with E-state index in [9.17, 15) is 45.5 Å². The maximum absolute atomic E-state index is 15.4. The molecule has 0 fully saturated rings. The maximum atomic E-state index is 15.4. The molecule has 2 aromatic carbocycles. The number of Topliss-reactive ketones (excluding diaryl/α,β-unsaturated/α-hetero) is 2.